The smallest absolute Gasteiger partial charge is 0.236 e. The van der Waals surface area contributed by atoms with Gasteiger partial charge in [0.05, 0.1) is 6.54 Å². The van der Waals surface area contributed by atoms with Gasteiger partial charge in [0.1, 0.15) is 0 Å². The summed E-state index contributed by atoms with van der Waals surface area (Å²) in [5.74, 6) is 1.66. The summed E-state index contributed by atoms with van der Waals surface area (Å²) < 4.78 is 0. The Morgan fingerprint density at radius 2 is 2.12 bits per heavy atom. The third kappa shape index (κ3) is 3.78. The summed E-state index contributed by atoms with van der Waals surface area (Å²) in [4.78, 5) is 13.9. The van der Waals surface area contributed by atoms with E-state index in [1.54, 1.807) is 0 Å². The molecule has 1 N–H and O–H groups in total. The fraction of sp³-hybridized carbons (Fsp3) is 0.923. The predicted molar refractivity (Wildman–Crippen MR) is 67.3 cm³/mol. The van der Waals surface area contributed by atoms with Gasteiger partial charge in [-0.25, -0.2) is 0 Å². The van der Waals surface area contributed by atoms with Crippen LogP contribution >= 0.6 is 0 Å². The molecule has 1 heterocycles. The molecule has 3 heteroatoms. The second kappa shape index (κ2) is 6.24. The highest BCUT2D eigenvalue weighted by Gasteiger charge is 2.25. The molecule has 3 unspecified atom stereocenters. The van der Waals surface area contributed by atoms with Crippen molar-refractivity contribution in [1.29, 1.82) is 0 Å². The molecular weight excluding hydrogens is 200 g/mol. The number of nitrogens with one attached hydrogen (secondary N) is 1. The summed E-state index contributed by atoms with van der Waals surface area (Å²) in [6.45, 7) is 11.1. The molecule has 1 amide bonds. The molecule has 3 atom stereocenters. The second-order valence-electron chi connectivity index (χ2n) is 5.27. The van der Waals surface area contributed by atoms with Crippen LogP contribution < -0.4 is 5.32 Å². The van der Waals surface area contributed by atoms with Crippen molar-refractivity contribution in [3.8, 4) is 0 Å². The number of rotatable bonds is 4. The first kappa shape index (κ1) is 13.5. The number of amides is 1. The van der Waals surface area contributed by atoms with E-state index in [1.165, 1.54) is 0 Å². The van der Waals surface area contributed by atoms with Crippen LogP contribution in [0.25, 0.3) is 0 Å². The van der Waals surface area contributed by atoms with Crippen LogP contribution in [-0.2, 0) is 4.79 Å². The minimum absolute atomic E-state index is 0.263. The number of likely N-dealkylation sites (tertiary alicyclic amines) is 1. The average Bonchev–Trinajstić information content (AvgIpc) is 2.29. The molecule has 0 aromatic heterocycles. The molecule has 0 aromatic carbocycles. The molecule has 1 saturated heterocycles. The van der Waals surface area contributed by atoms with Crippen LogP contribution in [0.3, 0.4) is 0 Å². The summed E-state index contributed by atoms with van der Waals surface area (Å²) in [5, 5.41) is 3.26. The molecule has 16 heavy (non-hydrogen) atoms. The van der Waals surface area contributed by atoms with Gasteiger partial charge >= 0.3 is 0 Å². The van der Waals surface area contributed by atoms with Crippen LogP contribution in [0.1, 0.15) is 40.5 Å². The van der Waals surface area contributed by atoms with Crippen molar-refractivity contribution >= 4 is 5.91 Å². The number of carbonyl (C=O) groups excluding carboxylic acids is 1. The monoisotopic (exact) mass is 226 g/mol. The summed E-state index contributed by atoms with van der Waals surface area (Å²) in [7, 11) is 0. The fourth-order valence-corrected chi connectivity index (χ4v) is 2.01. The summed E-state index contributed by atoms with van der Waals surface area (Å²) in [5.41, 5.74) is 0. The number of hydrogen-bond acceptors (Lipinski definition) is 2. The minimum Gasteiger partial charge on any atom is -0.341 e. The molecular formula is C13H26N2O. The number of piperidine rings is 1. The Hall–Kier alpha value is -0.570. The lowest BCUT2D eigenvalue weighted by molar-refractivity contribution is -0.132. The van der Waals surface area contributed by atoms with Crippen molar-refractivity contribution in [3.63, 3.8) is 0 Å². The van der Waals surface area contributed by atoms with E-state index in [1.807, 2.05) is 4.90 Å². The van der Waals surface area contributed by atoms with E-state index in [4.69, 9.17) is 0 Å². The van der Waals surface area contributed by atoms with Crippen molar-refractivity contribution in [1.82, 2.24) is 10.2 Å². The topological polar surface area (TPSA) is 32.3 Å². The van der Waals surface area contributed by atoms with Crippen molar-refractivity contribution < 1.29 is 4.79 Å². The molecule has 0 spiro atoms. The zero-order chi connectivity index (χ0) is 12.1. The Bertz CT molecular complexity index is 230. The highest BCUT2D eigenvalue weighted by Crippen LogP contribution is 2.22. The van der Waals surface area contributed by atoms with E-state index in [-0.39, 0.29) is 5.91 Å². The molecule has 3 nitrogen and oxygen atoms in total. The first-order valence-electron chi connectivity index (χ1n) is 6.55. The van der Waals surface area contributed by atoms with E-state index in [9.17, 15) is 4.79 Å². The van der Waals surface area contributed by atoms with Crippen LogP contribution in [0.15, 0.2) is 0 Å². The van der Waals surface area contributed by atoms with Crippen LogP contribution in [0.2, 0.25) is 0 Å². The van der Waals surface area contributed by atoms with E-state index < -0.39 is 0 Å². The SMILES string of the molecule is CCC(C)NCC(=O)N1CCC(C)C(C)C1. The lowest BCUT2D eigenvalue weighted by Gasteiger charge is -2.35. The first-order valence-corrected chi connectivity index (χ1v) is 6.55. The second-order valence-corrected chi connectivity index (χ2v) is 5.27. The summed E-state index contributed by atoms with van der Waals surface area (Å²) in [6.07, 6.45) is 2.22. The van der Waals surface area contributed by atoms with Crippen LogP contribution in [0.5, 0.6) is 0 Å². The van der Waals surface area contributed by atoms with Gasteiger partial charge in [0.25, 0.3) is 0 Å². The van der Waals surface area contributed by atoms with Gasteiger partial charge in [0.2, 0.25) is 5.91 Å². The Morgan fingerprint density at radius 1 is 1.44 bits per heavy atom. The largest absolute Gasteiger partial charge is 0.341 e. The Morgan fingerprint density at radius 3 is 2.69 bits per heavy atom. The van der Waals surface area contributed by atoms with Crippen LogP contribution in [-0.4, -0.2) is 36.5 Å². The van der Waals surface area contributed by atoms with Gasteiger partial charge in [-0.1, -0.05) is 20.8 Å². The highest BCUT2D eigenvalue weighted by atomic mass is 16.2. The maximum atomic E-state index is 11.9. The lowest BCUT2D eigenvalue weighted by atomic mass is 9.89. The average molecular weight is 226 g/mol. The quantitative estimate of drug-likeness (QED) is 0.794. The van der Waals surface area contributed by atoms with Gasteiger partial charge in [0.15, 0.2) is 0 Å². The molecule has 0 saturated carbocycles. The third-order valence-electron chi connectivity index (χ3n) is 3.90. The Kier molecular flexibility index (Phi) is 5.26. The summed E-state index contributed by atoms with van der Waals surface area (Å²) >= 11 is 0. The van der Waals surface area contributed by atoms with E-state index in [2.05, 4.69) is 33.0 Å². The maximum Gasteiger partial charge on any atom is 0.236 e. The molecule has 0 aromatic rings. The van der Waals surface area contributed by atoms with E-state index in [0.29, 0.717) is 18.5 Å². The highest BCUT2D eigenvalue weighted by molar-refractivity contribution is 5.78. The summed E-state index contributed by atoms with van der Waals surface area (Å²) in [6, 6.07) is 0.435. The van der Waals surface area contributed by atoms with Gasteiger partial charge in [-0.2, -0.15) is 0 Å². The molecule has 94 valence electrons. The number of nitrogens with zero attached hydrogens (tertiary/aromatic N) is 1. The van der Waals surface area contributed by atoms with Crippen LogP contribution in [0.4, 0.5) is 0 Å². The van der Waals surface area contributed by atoms with Crippen LogP contribution in [0, 0.1) is 11.8 Å². The van der Waals surface area contributed by atoms with Gasteiger partial charge in [-0.3, -0.25) is 4.79 Å². The Labute approximate surface area is 99.6 Å². The normalized spacial score (nSPS) is 27.9. The molecule has 0 radical (unpaired) electrons. The Balaban J connectivity index is 2.32. The molecule has 1 aliphatic rings. The zero-order valence-corrected chi connectivity index (χ0v) is 11.1. The maximum absolute atomic E-state index is 11.9. The van der Waals surface area contributed by atoms with E-state index >= 15 is 0 Å². The van der Waals surface area contributed by atoms with Gasteiger partial charge in [-0.15, -0.1) is 0 Å². The lowest BCUT2D eigenvalue weighted by Crippen LogP contribution is -2.46. The van der Waals surface area contributed by atoms with Crippen molar-refractivity contribution in [2.45, 2.75) is 46.6 Å². The van der Waals surface area contributed by atoms with Crippen molar-refractivity contribution in [2.24, 2.45) is 11.8 Å². The molecule has 1 aliphatic heterocycles. The predicted octanol–water partition coefficient (Wildman–Crippen LogP) is 1.88. The molecule has 0 bridgehead atoms. The third-order valence-corrected chi connectivity index (χ3v) is 3.90. The van der Waals surface area contributed by atoms with Gasteiger partial charge in [0, 0.05) is 19.1 Å². The van der Waals surface area contributed by atoms with Gasteiger partial charge in [-0.05, 0) is 31.6 Å². The van der Waals surface area contributed by atoms with Crippen molar-refractivity contribution in [2.75, 3.05) is 19.6 Å². The minimum atomic E-state index is 0.263. The van der Waals surface area contributed by atoms with Gasteiger partial charge < -0.3 is 10.2 Å². The fourth-order valence-electron chi connectivity index (χ4n) is 2.01. The molecule has 1 fully saturated rings. The zero-order valence-electron chi connectivity index (χ0n) is 11.1. The van der Waals surface area contributed by atoms with E-state index in [0.717, 1.165) is 31.8 Å². The molecule has 1 rings (SSSR count). The number of hydrogen-bond donors (Lipinski definition) is 1. The number of carbonyl (C=O) groups is 1. The standard InChI is InChI=1S/C13H26N2O/c1-5-12(4)14-8-13(16)15-7-6-10(2)11(3)9-15/h10-12,14H,5-9H2,1-4H3. The van der Waals surface area contributed by atoms with Crippen molar-refractivity contribution in [3.05, 3.63) is 0 Å². The first-order chi connectivity index (χ1) is 7.54. The molecule has 0 aliphatic carbocycles.